The lowest BCUT2D eigenvalue weighted by Gasteiger charge is -2.57. The van der Waals surface area contributed by atoms with Gasteiger partial charge in [-0.3, -0.25) is 0 Å². The van der Waals surface area contributed by atoms with Crippen LogP contribution in [0.4, 0.5) is 0 Å². The first-order valence-corrected chi connectivity index (χ1v) is 24.3. The van der Waals surface area contributed by atoms with E-state index in [4.69, 9.17) is 19.4 Å². The maximum atomic E-state index is 7.52. The summed E-state index contributed by atoms with van der Waals surface area (Å²) in [7, 11) is 0. The van der Waals surface area contributed by atoms with Gasteiger partial charge in [0.2, 0.25) is 0 Å². The van der Waals surface area contributed by atoms with Gasteiger partial charge in [0.05, 0.1) is 0 Å². The maximum Gasteiger partial charge on any atom is 0.164 e. The number of hydrogen-bond acceptors (Lipinski definition) is 4. The SMILES string of the molecule is CC(C)(C)c1cc(-c2cccc(-c3ccc4c(c3)C(C)(C)c3ccccc3-4)c2)cc2c1oc1c(C34CC5CC(CC(C5)C3)C4)ccc(-c3nc(-c4ccccc4)nc(-c4ccccc4)n3)c12. The fourth-order valence-corrected chi connectivity index (χ4v) is 13.4. The number of benzene rings is 7. The van der Waals surface area contributed by atoms with Crippen molar-refractivity contribution in [1.82, 2.24) is 15.0 Å². The second-order valence-electron chi connectivity index (χ2n) is 21.9. The normalized spacial score (nSPS) is 21.4. The molecule has 4 saturated carbocycles. The molecule has 4 heteroatoms. The predicted molar refractivity (Wildman–Crippen MR) is 270 cm³/mol. The number of fused-ring (bicyclic) bond motifs is 6. The van der Waals surface area contributed by atoms with Crippen LogP contribution in [0.3, 0.4) is 0 Å². The Bertz CT molecular complexity index is 3310. The molecule has 5 aliphatic rings. The minimum Gasteiger partial charge on any atom is -0.455 e. The third-order valence-corrected chi connectivity index (χ3v) is 16.2. The Morgan fingerprint density at radius 2 is 1.00 bits per heavy atom. The molecule has 4 bridgehead atoms. The molecule has 0 radical (unpaired) electrons. The Morgan fingerprint density at radius 3 is 1.65 bits per heavy atom. The molecule has 4 fully saturated rings. The monoisotopic (exact) mass is 857 g/mol. The largest absolute Gasteiger partial charge is 0.455 e. The number of rotatable bonds is 6. The summed E-state index contributed by atoms with van der Waals surface area (Å²) in [6, 6.07) is 55.3. The van der Waals surface area contributed by atoms with Crippen LogP contribution >= 0.6 is 0 Å². The quantitative estimate of drug-likeness (QED) is 0.167. The second-order valence-corrected chi connectivity index (χ2v) is 21.9. The zero-order chi connectivity index (χ0) is 44.5. The zero-order valence-corrected chi connectivity index (χ0v) is 38.7. The van der Waals surface area contributed by atoms with E-state index in [1.807, 2.05) is 12.1 Å². The highest BCUT2D eigenvalue weighted by atomic mass is 16.3. The van der Waals surface area contributed by atoms with E-state index in [1.165, 1.54) is 94.2 Å². The van der Waals surface area contributed by atoms with Gasteiger partial charge in [0.25, 0.3) is 0 Å². The molecule has 14 rings (SSSR count). The summed E-state index contributed by atoms with van der Waals surface area (Å²) in [5.41, 5.74) is 17.7. The van der Waals surface area contributed by atoms with Gasteiger partial charge < -0.3 is 4.42 Å². The van der Waals surface area contributed by atoms with E-state index in [2.05, 4.69) is 174 Å². The summed E-state index contributed by atoms with van der Waals surface area (Å²) in [5, 5.41) is 2.24. The molecule has 2 heterocycles. The predicted octanol–water partition coefficient (Wildman–Crippen LogP) is 16.2. The topological polar surface area (TPSA) is 51.8 Å². The molecule has 5 aliphatic carbocycles. The van der Waals surface area contributed by atoms with Crippen LogP contribution in [0, 0.1) is 17.8 Å². The second kappa shape index (κ2) is 14.4. The number of hydrogen-bond donors (Lipinski definition) is 0. The fourth-order valence-electron chi connectivity index (χ4n) is 13.4. The molecule has 66 heavy (non-hydrogen) atoms. The van der Waals surface area contributed by atoms with Crippen LogP contribution in [0.1, 0.15) is 95.4 Å². The van der Waals surface area contributed by atoms with E-state index in [9.17, 15) is 0 Å². The van der Waals surface area contributed by atoms with Crippen LogP contribution in [0.25, 0.3) is 89.5 Å². The minimum absolute atomic E-state index is 0.0660. The van der Waals surface area contributed by atoms with Gasteiger partial charge in [-0.05, 0) is 142 Å². The van der Waals surface area contributed by atoms with Crippen molar-refractivity contribution < 1.29 is 4.42 Å². The van der Waals surface area contributed by atoms with E-state index >= 15 is 0 Å². The highest BCUT2D eigenvalue weighted by Gasteiger charge is 2.52. The van der Waals surface area contributed by atoms with E-state index in [1.54, 1.807) is 0 Å². The summed E-state index contributed by atoms with van der Waals surface area (Å²) in [5.74, 6) is 4.40. The van der Waals surface area contributed by atoms with Crippen molar-refractivity contribution in [3.05, 3.63) is 174 Å². The molecule has 0 N–H and O–H groups in total. The molecule has 324 valence electrons. The molecular weight excluding hydrogens is 803 g/mol. The number of furan rings is 1. The fraction of sp³-hybridized carbons (Fsp3) is 0.274. The van der Waals surface area contributed by atoms with Crippen molar-refractivity contribution in [1.29, 1.82) is 0 Å². The van der Waals surface area contributed by atoms with Gasteiger partial charge in [0.15, 0.2) is 17.5 Å². The average Bonchev–Trinajstić information content (AvgIpc) is 3.82. The first-order chi connectivity index (χ1) is 32.0. The third-order valence-electron chi connectivity index (χ3n) is 16.2. The van der Waals surface area contributed by atoms with Gasteiger partial charge in [0, 0.05) is 44.0 Å². The molecule has 9 aromatic rings. The standard InChI is InChI=1S/C62H55N3O/c1-60(2,3)53-33-45(43-20-14-19-42(30-43)44-23-24-47-46-21-12-13-22-50(46)61(4,5)52(47)32-44)31-49-54-48(59-64-57(40-15-8-6-9-16-40)63-58(65-59)41-17-10-7-11-18-41)25-26-51(56(54)66-55(49)53)62-34-37-27-38(35-62)29-39(28-37)36-62/h6-26,30-33,37-39H,27-29,34-36H2,1-5H3. The molecule has 7 aromatic carbocycles. The lowest BCUT2D eigenvalue weighted by Crippen LogP contribution is -2.48. The van der Waals surface area contributed by atoms with E-state index in [0.29, 0.717) is 17.5 Å². The average molecular weight is 858 g/mol. The Hall–Kier alpha value is -6.65. The van der Waals surface area contributed by atoms with Crippen LogP contribution in [0.15, 0.2) is 156 Å². The van der Waals surface area contributed by atoms with Crippen molar-refractivity contribution in [3.63, 3.8) is 0 Å². The van der Waals surface area contributed by atoms with E-state index in [0.717, 1.165) is 56.4 Å². The highest BCUT2D eigenvalue weighted by molar-refractivity contribution is 6.15. The van der Waals surface area contributed by atoms with Crippen molar-refractivity contribution in [3.8, 4) is 67.5 Å². The van der Waals surface area contributed by atoms with E-state index < -0.39 is 0 Å². The summed E-state index contributed by atoms with van der Waals surface area (Å²) >= 11 is 0. The zero-order valence-electron chi connectivity index (χ0n) is 38.7. The summed E-state index contributed by atoms with van der Waals surface area (Å²) < 4.78 is 7.52. The van der Waals surface area contributed by atoms with Crippen molar-refractivity contribution in [2.75, 3.05) is 0 Å². The first kappa shape index (κ1) is 39.7. The summed E-state index contributed by atoms with van der Waals surface area (Å²) in [4.78, 5) is 15.8. The Morgan fingerprint density at radius 1 is 0.455 bits per heavy atom. The summed E-state index contributed by atoms with van der Waals surface area (Å²) in [6.07, 6.45) is 7.93. The molecule has 0 amide bonds. The van der Waals surface area contributed by atoms with Gasteiger partial charge >= 0.3 is 0 Å². The molecule has 0 unspecified atom stereocenters. The molecule has 0 spiro atoms. The van der Waals surface area contributed by atoms with Gasteiger partial charge in [0.1, 0.15) is 11.2 Å². The Balaban J connectivity index is 1.04. The number of aromatic nitrogens is 3. The van der Waals surface area contributed by atoms with Crippen molar-refractivity contribution >= 4 is 21.9 Å². The van der Waals surface area contributed by atoms with Crippen LogP contribution in [0.2, 0.25) is 0 Å². The van der Waals surface area contributed by atoms with Gasteiger partial charge in [-0.15, -0.1) is 0 Å². The van der Waals surface area contributed by atoms with Crippen LogP contribution < -0.4 is 0 Å². The highest BCUT2D eigenvalue weighted by Crippen LogP contribution is 2.62. The molecule has 0 saturated heterocycles. The Kier molecular flexibility index (Phi) is 8.67. The first-order valence-electron chi connectivity index (χ1n) is 24.3. The Labute approximate surface area is 388 Å². The smallest absolute Gasteiger partial charge is 0.164 e. The van der Waals surface area contributed by atoms with Crippen LogP contribution in [-0.2, 0) is 16.2 Å². The van der Waals surface area contributed by atoms with Crippen LogP contribution in [-0.4, -0.2) is 15.0 Å². The lowest BCUT2D eigenvalue weighted by atomic mass is 9.48. The summed E-state index contributed by atoms with van der Waals surface area (Å²) in [6.45, 7) is 11.7. The van der Waals surface area contributed by atoms with Gasteiger partial charge in [-0.1, -0.05) is 156 Å². The lowest BCUT2D eigenvalue weighted by molar-refractivity contribution is -0.00485. The molecular formula is C62H55N3O. The van der Waals surface area contributed by atoms with Gasteiger partial charge in [-0.2, -0.15) is 0 Å². The van der Waals surface area contributed by atoms with Crippen LogP contribution in [0.5, 0.6) is 0 Å². The molecule has 0 atom stereocenters. The van der Waals surface area contributed by atoms with E-state index in [-0.39, 0.29) is 16.2 Å². The number of nitrogens with zero attached hydrogens (tertiary/aromatic N) is 3. The minimum atomic E-state index is -0.199. The van der Waals surface area contributed by atoms with Gasteiger partial charge in [-0.25, -0.2) is 15.0 Å². The molecule has 4 nitrogen and oxygen atoms in total. The van der Waals surface area contributed by atoms with Crippen molar-refractivity contribution in [2.24, 2.45) is 17.8 Å². The van der Waals surface area contributed by atoms with Crippen molar-refractivity contribution in [2.45, 2.75) is 89.4 Å². The maximum absolute atomic E-state index is 7.52. The molecule has 2 aromatic heterocycles. The molecule has 0 aliphatic heterocycles. The third kappa shape index (κ3) is 6.20.